The van der Waals surface area contributed by atoms with Gasteiger partial charge in [-0.25, -0.2) is 0 Å². The molecule has 0 fully saturated rings. The lowest BCUT2D eigenvalue weighted by Crippen LogP contribution is -2.22. The minimum absolute atomic E-state index is 0. The van der Waals surface area contributed by atoms with Crippen molar-refractivity contribution < 1.29 is 4.74 Å². The van der Waals surface area contributed by atoms with Crippen molar-refractivity contribution >= 4 is 17.0 Å². The van der Waals surface area contributed by atoms with E-state index < -0.39 is 0 Å². The average molecular weight is 352 g/mol. The molecule has 0 aliphatic heterocycles. The molecule has 0 radical (unpaired) electrons. The molecule has 1 atom stereocenters. The van der Waals surface area contributed by atoms with Crippen molar-refractivity contribution in [3.05, 3.63) is 0 Å². The van der Waals surface area contributed by atoms with Crippen molar-refractivity contribution in [3.63, 3.8) is 0 Å². The summed E-state index contributed by atoms with van der Waals surface area (Å²) in [4.78, 5) is 0. The Morgan fingerprint density at radius 3 is 1.50 bits per heavy atom. The number of hydrogen-bond donors (Lipinski definition) is 1. The predicted molar refractivity (Wildman–Crippen MR) is 95.6 cm³/mol. The Bertz CT molecular complexity index is 167. The molecular formula is C17H38BrNO. The van der Waals surface area contributed by atoms with Crippen LogP contribution in [0.2, 0.25) is 0 Å². The van der Waals surface area contributed by atoms with E-state index in [1.54, 1.807) is 0 Å². The van der Waals surface area contributed by atoms with Crippen molar-refractivity contribution in [2.75, 3.05) is 6.61 Å². The first-order chi connectivity index (χ1) is 9.31. The fraction of sp³-hybridized carbons (Fsp3) is 1.00. The number of rotatable bonds is 15. The maximum Gasteiger partial charge on any atom is 0.105 e. The van der Waals surface area contributed by atoms with Crippen LogP contribution in [0.3, 0.4) is 0 Å². The summed E-state index contributed by atoms with van der Waals surface area (Å²) in [5, 5.41) is 0. The fourth-order valence-electron chi connectivity index (χ4n) is 2.30. The van der Waals surface area contributed by atoms with Gasteiger partial charge in [-0.3, -0.25) is 0 Å². The smallest absolute Gasteiger partial charge is 0.105 e. The van der Waals surface area contributed by atoms with Gasteiger partial charge >= 0.3 is 0 Å². The average Bonchev–Trinajstić information content (AvgIpc) is 2.43. The molecule has 0 aliphatic rings. The molecule has 124 valence electrons. The van der Waals surface area contributed by atoms with E-state index in [-0.39, 0.29) is 23.2 Å². The second-order valence-electron chi connectivity index (χ2n) is 5.71. The minimum atomic E-state index is -0.0484. The number of unbranched alkanes of at least 4 members (excludes halogenated alkanes) is 11. The van der Waals surface area contributed by atoms with Crippen LogP contribution in [-0.2, 0) is 4.74 Å². The normalized spacial score (nSPS) is 12.2. The maximum absolute atomic E-state index is 5.69. The highest BCUT2D eigenvalue weighted by molar-refractivity contribution is 8.93. The predicted octanol–water partition coefficient (Wildman–Crippen LogP) is 5.98. The highest BCUT2D eigenvalue weighted by Gasteiger charge is 1.97. The molecule has 0 saturated carbocycles. The molecule has 0 aromatic heterocycles. The van der Waals surface area contributed by atoms with Crippen LogP contribution >= 0.6 is 17.0 Å². The van der Waals surface area contributed by atoms with Crippen LogP contribution in [0.5, 0.6) is 0 Å². The van der Waals surface area contributed by atoms with Crippen molar-refractivity contribution in [1.29, 1.82) is 0 Å². The van der Waals surface area contributed by atoms with Crippen LogP contribution in [0.15, 0.2) is 0 Å². The Morgan fingerprint density at radius 2 is 1.10 bits per heavy atom. The van der Waals surface area contributed by atoms with Gasteiger partial charge < -0.3 is 10.5 Å². The van der Waals surface area contributed by atoms with E-state index in [1.807, 2.05) is 0 Å². The second-order valence-corrected chi connectivity index (χ2v) is 5.71. The molecule has 0 bridgehead atoms. The number of hydrogen-bond acceptors (Lipinski definition) is 2. The molecule has 0 spiro atoms. The first-order valence-corrected chi connectivity index (χ1v) is 8.68. The van der Waals surface area contributed by atoms with Crippen molar-refractivity contribution in [2.24, 2.45) is 5.73 Å². The standard InChI is InChI=1S/C17H37NO.BrH/c1-3-5-6-7-8-9-10-11-12-13-14-15-16-19-17(18)4-2;/h17H,3-16,18H2,1-2H3;1H. The molecule has 0 amide bonds. The topological polar surface area (TPSA) is 35.2 Å². The van der Waals surface area contributed by atoms with E-state index >= 15 is 0 Å². The summed E-state index contributed by atoms with van der Waals surface area (Å²) < 4.78 is 5.46. The van der Waals surface area contributed by atoms with Gasteiger partial charge in [0.2, 0.25) is 0 Å². The minimum Gasteiger partial charge on any atom is -0.364 e. The van der Waals surface area contributed by atoms with Gasteiger partial charge in [0.15, 0.2) is 0 Å². The third-order valence-corrected chi connectivity index (χ3v) is 3.73. The van der Waals surface area contributed by atoms with Crippen LogP contribution in [0.25, 0.3) is 0 Å². The molecule has 3 heteroatoms. The number of ether oxygens (including phenoxy) is 1. The Morgan fingerprint density at radius 1 is 0.700 bits per heavy atom. The molecular weight excluding hydrogens is 314 g/mol. The maximum atomic E-state index is 5.69. The van der Waals surface area contributed by atoms with E-state index in [1.165, 1.54) is 77.0 Å². The van der Waals surface area contributed by atoms with Gasteiger partial charge in [0.25, 0.3) is 0 Å². The summed E-state index contributed by atoms with van der Waals surface area (Å²) in [7, 11) is 0. The van der Waals surface area contributed by atoms with Crippen LogP contribution in [0, 0.1) is 0 Å². The van der Waals surface area contributed by atoms with Gasteiger partial charge in [0.05, 0.1) is 0 Å². The summed E-state index contributed by atoms with van der Waals surface area (Å²) in [5.41, 5.74) is 5.69. The Balaban J connectivity index is 0. The summed E-state index contributed by atoms with van der Waals surface area (Å²) in [6, 6.07) is 0. The Hall–Kier alpha value is 0.400. The first-order valence-electron chi connectivity index (χ1n) is 8.68. The van der Waals surface area contributed by atoms with Crippen molar-refractivity contribution in [2.45, 2.75) is 104 Å². The molecule has 1 unspecified atom stereocenters. The third-order valence-electron chi connectivity index (χ3n) is 3.73. The zero-order valence-corrected chi connectivity index (χ0v) is 15.6. The first kappa shape index (κ1) is 22.7. The van der Waals surface area contributed by atoms with E-state index in [9.17, 15) is 0 Å². The lowest BCUT2D eigenvalue weighted by atomic mass is 10.1. The lowest BCUT2D eigenvalue weighted by Gasteiger charge is -2.09. The molecule has 0 heterocycles. The van der Waals surface area contributed by atoms with Gasteiger partial charge in [-0.15, -0.1) is 17.0 Å². The highest BCUT2D eigenvalue weighted by atomic mass is 79.9. The molecule has 0 saturated heterocycles. The fourth-order valence-corrected chi connectivity index (χ4v) is 2.30. The molecule has 20 heavy (non-hydrogen) atoms. The zero-order valence-electron chi connectivity index (χ0n) is 13.9. The molecule has 0 rings (SSSR count). The van der Waals surface area contributed by atoms with Crippen LogP contribution in [0.1, 0.15) is 97.3 Å². The summed E-state index contributed by atoms with van der Waals surface area (Å²) in [5.74, 6) is 0. The SMILES string of the molecule is Br.CCCCCCCCCCCCCCOC(N)CC. The van der Waals surface area contributed by atoms with Gasteiger partial charge in [0.1, 0.15) is 6.23 Å². The summed E-state index contributed by atoms with van der Waals surface area (Å²) in [6.45, 7) is 5.18. The second kappa shape index (κ2) is 19.4. The van der Waals surface area contributed by atoms with E-state index in [2.05, 4.69) is 13.8 Å². The van der Waals surface area contributed by atoms with Gasteiger partial charge in [-0.2, -0.15) is 0 Å². The monoisotopic (exact) mass is 351 g/mol. The lowest BCUT2D eigenvalue weighted by molar-refractivity contribution is 0.0526. The third kappa shape index (κ3) is 18.4. The Labute approximate surface area is 138 Å². The van der Waals surface area contributed by atoms with E-state index in [4.69, 9.17) is 10.5 Å². The van der Waals surface area contributed by atoms with Crippen molar-refractivity contribution in [3.8, 4) is 0 Å². The molecule has 0 aromatic rings. The van der Waals surface area contributed by atoms with E-state index in [0.717, 1.165) is 13.0 Å². The molecule has 0 aromatic carbocycles. The summed E-state index contributed by atoms with van der Waals surface area (Å²) in [6.07, 6.45) is 17.5. The van der Waals surface area contributed by atoms with Gasteiger partial charge in [-0.1, -0.05) is 84.5 Å². The number of halogens is 1. The van der Waals surface area contributed by atoms with Gasteiger partial charge in [0, 0.05) is 6.61 Å². The van der Waals surface area contributed by atoms with Crippen LogP contribution in [-0.4, -0.2) is 12.8 Å². The molecule has 2 nitrogen and oxygen atoms in total. The quantitative estimate of drug-likeness (QED) is 0.291. The van der Waals surface area contributed by atoms with Crippen molar-refractivity contribution in [1.82, 2.24) is 0 Å². The zero-order chi connectivity index (χ0) is 14.2. The molecule has 2 N–H and O–H groups in total. The Kier molecular flexibility index (Phi) is 22.0. The largest absolute Gasteiger partial charge is 0.364 e. The van der Waals surface area contributed by atoms with Gasteiger partial charge in [-0.05, 0) is 12.8 Å². The van der Waals surface area contributed by atoms with E-state index in [0.29, 0.717) is 0 Å². The molecule has 0 aliphatic carbocycles. The van der Waals surface area contributed by atoms with Crippen LogP contribution < -0.4 is 5.73 Å². The highest BCUT2D eigenvalue weighted by Crippen LogP contribution is 2.11. The summed E-state index contributed by atoms with van der Waals surface area (Å²) >= 11 is 0. The number of nitrogens with two attached hydrogens (primary N) is 1. The van der Waals surface area contributed by atoms with Crippen LogP contribution in [0.4, 0.5) is 0 Å².